The second-order valence-corrected chi connectivity index (χ2v) is 8.06. The highest BCUT2D eigenvalue weighted by molar-refractivity contribution is 6.06. The summed E-state index contributed by atoms with van der Waals surface area (Å²) in [7, 11) is 3.80. The Balaban J connectivity index is 1.80. The van der Waals surface area contributed by atoms with Crippen LogP contribution in [0.2, 0.25) is 0 Å². The zero-order valence-electron chi connectivity index (χ0n) is 17.3. The number of carbonyl (C=O) groups excluding carboxylic acids is 1. The van der Waals surface area contributed by atoms with Crippen molar-refractivity contribution in [2.24, 2.45) is 0 Å². The quantitative estimate of drug-likeness (QED) is 0.468. The van der Waals surface area contributed by atoms with Gasteiger partial charge in [0.1, 0.15) is 11.4 Å². The average Bonchev–Trinajstić information content (AvgIpc) is 3.04. The third-order valence-corrected chi connectivity index (χ3v) is 5.85. The smallest absolute Gasteiger partial charge is 0.290 e. The van der Waals surface area contributed by atoms with Gasteiger partial charge in [0, 0.05) is 24.0 Å². The van der Waals surface area contributed by atoms with Gasteiger partial charge >= 0.3 is 0 Å². The van der Waals surface area contributed by atoms with Crippen LogP contribution in [0, 0.1) is 5.82 Å². The molecule has 0 saturated carbocycles. The molecule has 0 aliphatic carbocycles. The van der Waals surface area contributed by atoms with Crippen molar-refractivity contribution in [2.45, 2.75) is 6.04 Å². The maximum absolute atomic E-state index is 14.8. The van der Waals surface area contributed by atoms with Gasteiger partial charge in [0.15, 0.2) is 5.43 Å². The molecule has 6 heteroatoms. The van der Waals surface area contributed by atoms with Gasteiger partial charge in [-0.1, -0.05) is 48.5 Å². The van der Waals surface area contributed by atoms with E-state index >= 15 is 0 Å². The number of likely N-dealkylation sites (N-methyl/N-ethyl adjacent to an activating group) is 1. The Bertz CT molecular complexity index is 1390. The lowest BCUT2D eigenvalue weighted by atomic mass is 9.97. The summed E-state index contributed by atoms with van der Waals surface area (Å²) in [6.45, 7) is 0.910. The topological polar surface area (TPSA) is 53.8 Å². The van der Waals surface area contributed by atoms with Gasteiger partial charge in [-0.2, -0.15) is 0 Å². The number of carbonyl (C=O) groups is 1. The van der Waals surface area contributed by atoms with E-state index in [2.05, 4.69) is 0 Å². The Labute approximate surface area is 178 Å². The molecule has 1 amide bonds. The molecule has 1 aromatic heterocycles. The molecule has 0 bridgehead atoms. The van der Waals surface area contributed by atoms with E-state index in [9.17, 15) is 14.0 Å². The molecule has 3 aromatic carbocycles. The van der Waals surface area contributed by atoms with Crippen LogP contribution < -0.4 is 5.43 Å². The summed E-state index contributed by atoms with van der Waals surface area (Å²) >= 11 is 0. The van der Waals surface area contributed by atoms with Crippen molar-refractivity contribution in [3.05, 3.63) is 93.6 Å². The van der Waals surface area contributed by atoms with Crippen LogP contribution in [0.15, 0.2) is 69.9 Å². The molecule has 0 unspecified atom stereocenters. The van der Waals surface area contributed by atoms with Crippen LogP contribution in [0.25, 0.3) is 21.7 Å². The first-order valence-corrected chi connectivity index (χ1v) is 10.2. The fourth-order valence-corrected chi connectivity index (χ4v) is 4.31. The Morgan fingerprint density at radius 3 is 2.48 bits per heavy atom. The van der Waals surface area contributed by atoms with Crippen molar-refractivity contribution in [1.82, 2.24) is 9.80 Å². The predicted molar refractivity (Wildman–Crippen MR) is 118 cm³/mol. The van der Waals surface area contributed by atoms with Gasteiger partial charge in [-0.15, -0.1) is 0 Å². The largest absolute Gasteiger partial charge is 0.450 e. The Morgan fingerprint density at radius 1 is 0.968 bits per heavy atom. The summed E-state index contributed by atoms with van der Waals surface area (Å²) in [6.07, 6.45) is 0. The number of hydrogen-bond acceptors (Lipinski definition) is 4. The molecule has 1 aliphatic heterocycles. The number of fused-ring (bicyclic) bond motifs is 4. The van der Waals surface area contributed by atoms with Gasteiger partial charge in [-0.25, -0.2) is 4.39 Å². The van der Waals surface area contributed by atoms with Crippen molar-refractivity contribution in [3.63, 3.8) is 0 Å². The van der Waals surface area contributed by atoms with Crippen LogP contribution in [0.3, 0.4) is 0 Å². The molecule has 5 rings (SSSR count). The lowest BCUT2D eigenvalue weighted by Gasteiger charge is -2.26. The minimum atomic E-state index is -0.823. The highest BCUT2D eigenvalue weighted by Gasteiger charge is 2.43. The number of hydrogen-bond donors (Lipinski definition) is 0. The van der Waals surface area contributed by atoms with E-state index in [1.165, 1.54) is 11.0 Å². The average molecular weight is 416 g/mol. The van der Waals surface area contributed by atoms with Crippen LogP contribution in [0.1, 0.15) is 27.7 Å². The molecular formula is C25H21FN2O3. The SMILES string of the molecule is CN(C)CCN1C(=O)c2oc3c(ccc4ccccc43)c(=O)c2[C@H]1c1ccccc1F. The molecule has 0 N–H and O–H groups in total. The van der Waals surface area contributed by atoms with Crippen molar-refractivity contribution >= 4 is 27.6 Å². The Hall–Kier alpha value is -3.51. The van der Waals surface area contributed by atoms with Gasteiger partial charge in [-0.3, -0.25) is 9.59 Å². The number of halogens is 1. The fourth-order valence-electron chi connectivity index (χ4n) is 4.31. The highest BCUT2D eigenvalue weighted by Crippen LogP contribution is 2.39. The molecule has 4 aromatic rings. The standard InChI is InChI=1S/C25H21FN2O3/c1-27(2)13-14-28-21(17-9-5-6-10-19(17)26)20-22(29)18-12-11-15-7-3-4-8-16(15)23(18)31-24(20)25(28)30/h3-12,21H,13-14H2,1-2H3/t21-/m1/s1. The van der Waals surface area contributed by atoms with Crippen LogP contribution in [-0.2, 0) is 0 Å². The molecule has 31 heavy (non-hydrogen) atoms. The molecule has 1 aliphatic rings. The lowest BCUT2D eigenvalue weighted by Crippen LogP contribution is -2.35. The first-order valence-electron chi connectivity index (χ1n) is 10.2. The van der Waals surface area contributed by atoms with Crippen molar-refractivity contribution in [2.75, 3.05) is 27.2 Å². The second kappa shape index (κ2) is 7.32. The monoisotopic (exact) mass is 416 g/mol. The maximum Gasteiger partial charge on any atom is 0.290 e. The maximum atomic E-state index is 14.8. The zero-order valence-corrected chi connectivity index (χ0v) is 17.3. The number of nitrogens with zero attached hydrogens (tertiary/aromatic N) is 2. The molecule has 0 spiro atoms. The van der Waals surface area contributed by atoms with Crippen molar-refractivity contribution in [1.29, 1.82) is 0 Å². The van der Waals surface area contributed by atoms with Gasteiger partial charge in [0.05, 0.1) is 17.0 Å². The molecule has 1 atom stereocenters. The molecule has 2 heterocycles. The second-order valence-electron chi connectivity index (χ2n) is 8.06. The van der Waals surface area contributed by atoms with E-state index in [-0.39, 0.29) is 16.8 Å². The van der Waals surface area contributed by atoms with Gasteiger partial charge in [0.2, 0.25) is 5.76 Å². The van der Waals surface area contributed by atoms with Gasteiger partial charge in [-0.05, 0) is 31.6 Å². The summed E-state index contributed by atoms with van der Waals surface area (Å²) in [4.78, 5) is 30.5. The first-order chi connectivity index (χ1) is 15.0. The molecule has 5 nitrogen and oxygen atoms in total. The van der Waals surface area contributed by atoms with Gasteiger partial charge < -0.3 is 14.2 Å². The Kier molecular flexibility index (Phi) is 4.59. The number of benzene rings is 3. The number of rotatable bonds is 4. The Morgan fingerprint density at radius 2 is 1.71 bits per heavy atom. The van der Waals surface area contributed by atoms with Crippen molar-refractivity contribution < 1.29 is 13.6 Å². The van der Waals surface area contributed by atoms with E-state index in [4.69, 9.17) is 4.42 Å². The predicted octanol–water partition coefficient (Wildman–Crippen LogP) is 4.19. The van der Waals surface area contributed by atoms with Crippen LogP contribution in [0.4, 0.5) is 4.39 Å². The van der Waals surface area contributed by atoms with Crippen molar-refractivity contribution in [3.8, 4) is 0 Å². The highest BCUT2D eigenvalue weighted by atomic mass is 19.1. The fraction of sp³-hybridized carbons (Fsp3) is 0.200. The van der Waals surface area contributed by atoms with E-state index in [0.29, 0.717) is 29.6 Å². The van der Waals surface area contributed by atoms with E-state index in [1.54, 1.807) is 24.3 Å². The third kappa shape index (κ3) is 3.02. The van der Waals surface area contributed by atoms with Gasteiger partial charge in [0.25, 0.3) is 5.91 Å². The molecular weight excluding hydrogens is 395 g/mol. The van der Waals surface area contributed by atoms with E-state index in [0.717, 1.165) is 10.8 Å². The summed E-state index contributed by atoms with van der Waals surface area (Å²) in [5, 5.41) is 2.07. The summed E-state index contributed by atoms with van der Waals surface area (Å²) < 4.78 is 20.9. The summed E-state index contributed by atoms with van der Waals surface area (Å²) in [5.41, 5.74) is 0.588. The van der Waals surface area contributed by atoms with E-state index in [1.807, 2.05) is 49.3 Å². The lowest BCUT2D eigenvalue weighted by molar-refractivity contribution is 0.0714. The van der Waals surface area contributed by atoms with E-state index < -0.39 is 17.8 Å². The minimum Gasteiger partial charge on any atom is -0.450 e. The zero-order chi connectivity index (χ0) is 21.7. The van der Waals surface area contributed by atoms with Crippen LogP contribution in [0.5, 0.6) is 0 Å². The molecule has 0 fully saturated rings. The molecule has 156 valence electrons. The third-order valence-electron chi connectivity index (χ3n) is 5.85. The minimum absolute atomic E-state index is 0.000798. The van der Waals surface area contributed by atoms with Crippen LogP contribution >= 0.6 is 0 Å². The molecule has 0 saturated heterocycles. The first kappa shape index (κ1) is 19.5. The summed E-state index contributed by atoms with van der Waals surface area (Å²) in [6, 6.07) is 16.6. The summed E-state index contributed by atoms with van der Waals surface area (Å²) in [5.74, 6) is -0.848. The normalized spacial score (nSPS) is 15.9. The molecule has 0 radical (unpaired) electrons. The number of amides is 1. The van der Waals surface area contributed by atoms with Crippen LogP contribution in [-0.4, -0.2) is 42.9 Å².